The molecule has 2 heterocycles. The van der Waals surface area contributed by atoms with Gasteiger partial charge in [-0.15, -0.1) is 0 Å². The summed E-state index contributed by atoms with van der Waals surface area (Å²) in [6, 6.07) is 4.19. The van der Waals surface area contributed by atoms with Gasteiger partial charge in [-0.1, -0.05) is 0 Å². The van der Waals surface area contributed by atoms with Crippen LogP contribution in [0, 0.1) is 0 Å². The number of hydrogen-bond donors (Lipinski definition) is 1. The average molecular weight is 297 g/mol. The van der Waals surface area contributed by atoms with Crippen LogP contribution in [-0.4, -0.2) is 22.1 Å². The number of nitrogens with one attached hydrogen (secondary N) is 1. The lowest BCUT2D eigenvalue weighted by atomic mass is 9.92. The van der Waals surface area contributed by atoms with Crippen LogP contribution >= 0.6 is 0 Å². The van der Waals surface area contributed by atoms with E-state index in [9.17, 15) is 13.2 Å². The zero-order valence-electron chi connectivity index (χ0n) is 12.0. The number of aryl methyl sites for hydroxylation is 1. The number of hydrogen-bond acceptors (Lipinski definition) is 2. The van der Waals surface area contributed by atoms with Gasteiger partial charge in [-0.05, 0) is 44.5 Å². The maximum atomic E-state index is 12.8. The van der Waals surface area contributed by atoms with E-state index in [-0.39, 0.29) is 0 Å². The Labute approximate surface area is 121 Å². The van der Waals surface area contributed by atoms with Crippen LogP contribution in [0.15, 0.2) is 18.2 Å². The van der Waals surface area contributed by atoms with Crippen molar-refractivity contribution in [3.8, 4) is 0 Å². The van der Waals surface area contributed by atoms with Crippen LogP contribution in [0.4, 0.5) is 13.2 Å². The first-order valence-electron chi connectivity index (χ1n) is 7.13. The molecule has 114 valence electrons. The highest BCUT2D eigenvalue weighted by molar-refractivity contribution is 5.77. The Kier molecular flexibility index (Phi) is 3.43. The fourth-order valence-corrected chi connectivity index (χ4v) is 3.13. The van der Waals surface area contributed by atoms with Crippen LogP contribution in [0.3, 0.4) is 0 Å². The number of fused-ring (bicyclic) bond motifs is 1. The minimum atomic E-state index is -4.32. The summed E-state index contributed by atoms with van der Waals surface area (Å²) < 4.78 is 40.3. The number of piperidine rings is 1. The molecule has 0 radical (unpaired) electrons. The average Bonchev–Trinajstić information content (AvgIpc) is 2.75. The molecule has 1 N–H and O–H groups in total. The first-order chi connectivity index (χ1) is 9.86. The molecule has 1 aromatic carbocycles. The van der Waals surface area contributed by atoms with Crippen molar-refractivity contribution < 1.29 is 13.2 Å². The number of halogens is 3. The predicted molar refractivity (Wildman–Crippen MR) is 75.2 cm³/mol. The van der Waals surface area contributed by atoms with Crippen LogP contribution < -0.4 is 5.32 Å². The molecule has 3 nitrogen and oxygen atoms in total. The molecule has 0 amide bonds. The predicted octanol–water partition coefficient (Wildman–Crippen LogP) is 3.45. The molecule has 1 fully saturated rings. The first-order valence-corrected chi connectivity index (χ1v) is 7.13. The van der Waals surface area contributed by atoms with E-state index in [1.807, 2.05) is 11.6 Å². The SMILES string of the molecule is CC1CC(c2nc3cc(C(F)(F)F)ccc3n2C)CCN1. The van der Waals surface area contributed by atoms with Gasteiger partial charge < -0.3 is 9.88 Å². The van der Waals surface area contributed by atoms with E-state index in [0.29, 0.717) is 17.5 Å². The van der Waals surface area contributed by atoms with Crippen LogP contribution in [0.5, 0.6) is 0 Å². The third-order valence-corrected chi connectivity index (χ3v) is 4.23. The number of imidazole rings is 1. The third kappa shape index (κ3) is 2.64. The highest BCUT2D eigenvalue weighted by Gasteiger charge is 2.31. The van der Waals surface area contributed by atoms with Crippen LogP contribution in [0.1, 0.15) is 37.1 Å². The van der Waals surface area contributed by atoms with Gasteiger partial charge in [0.1, 0.15) is 5.82 Å². The van der Waals surface area contributed by atoms with Gasteiger partial charge in [0, 0.05) is 19.0 Å². The second kappa shape index (κ2) is 5.02. The van der Waals surface area contributed by atoms with Crippen LogP contribution in [0.25, 0.3) is 11.0 Å². The Bertz CT molecular complexity index is 660. The van der Waals surface area contributed by atoms with E-state index in [2.05, 4.69) is 17.2 Å². The number of nitrogens with zero attached hydrogens (tertiary/aromatic N) is 2. The number of rotatable bonds is 1. The lowest BCUT2D eigenvalue weighted by molar-refractivity contribution is -0.137. The van der Waals surface area contributed by atoms with Gasteiger partial charge in [0.05, 0.1) is 16.6 Å². The van der Waals surface area contributed by atoms with Crippen molar-refractivity contribution in [3.05, 3.63) is 29.6 Å². The lowest BCUT2D eigenvalue weighted by Gasteiger charge is -2.27. The van der Waals surface area contributed by atoms with Gasteiger partial charge in [-0.3, -0.25) is 0 Å². The van der Waals surface area contributed by atoms with E-state index >= 15 is 0 Å². The zero-order chi connectivity index (χ0) is 15.2. The number of aromatic nitrogens is 2. The first kappa shape index (κ1) is 14.4. The highest BCUT2D eigenvalue weighted by atomic mass is 19.4. The van der Waals surface area contributed by atoms with E-state index < -0.39 is 11.7 Å². The van der Waals surface area contributed by atoms with Gasteiger partial charge in [-0.2, -0.15) is 13.2 Å². The van der Waals surface area contributed by atoms with E-state index in [0.717, 1.165) is 42.9 Å². The Balaban J connectivity index is 2.02. The van der Waals surface area contributed by atoms with Crippen molar-refractivity contribution in [2.45, 2.75) is 37.9 Å². The minimum absolute atomic E-state index is 0.299. The van der Waals surface area contributed by atoms with Gasteiger partial charge in [0.2, 0.25) is 0 Å². The number of alkyl halides is 3. The standard InChI is InChI=1S/C15H18F3N3/c1-9-7-10(5-6-19-9)14-20-12-8-11(15(16,17)18)3-4-13(12)21(14)2/h3-4,8-10,19H,5-7H2,1-2H3. The quantitative estimate of drug-likeness (QED) is 0.873. The Morgan fingerprint density at radius 2 is 2.10 bits per heavy atom. The van der Waals surface area contributed by atoms with Crippen molar-refractivity contribution in [1.29, 1.82) is 0 Å². The van der Waals surface area contributed by atoms with Crippen molar-refractivity contribution >= 4 is 11.0 Å². The molecule has 21 heavy (non-hydrogen) atoms. The molecule has 3 rings (SSSR count). The van der Waals surface area contributed by atoms with Gasteiger partial charge in [-0.25, -0.2) is 4.98 Å². The Hall–Kier alpha value is -1.56. The molecule has 0 aliphatic carbocycles. The normalized spacial score (nSPS) is 23.7. The molecule has 0 saturated carbocycles. The minimum Gasteiger partial charge on any atom is -0.331 e. The van der Waals surface area contributed by atoms with Crippen LogP contribution in [-0.2, 0) is 13.2 Å². The second-order valence-electron chi connectivity index (χ2n) is 5.81. The van der Waals surface area contributed by atoms with Gasteiger partial charge >= 0.3 is 6.18 Å². The third-order valence-electron chi connectivity index (χ3n) is 4.23. The van der Waals surface area contributed by atoms with Crippen LogP contribution in [0.2, 0.25) is 0 Å². The maximum absolute atomic E-state index is 12.8. The van der Waals surface area contributed by atoms with Crippen molar-refractivity contribution in [1.82, 2.24) is 14.9 Å². The largest absolute Gasteiger partial charge is 0.416 e. The van der Waals surface area contributed by atoms with Crippen molar-refractivity contribution in [2.75, 3.05) is 6.54 Å². The maximum Gasteiger partial charge on any atom is 0.416 e. The summed E-state index contributed by atoms with van der Waals surface area (Å²) >= 11 is 0. The molecule has 0 spiro atoms. The summed E-state index contributed by atoms with van der Waals surface area (Å²) in [5.74, 6) is 1.19. The summed E-state index contributed by atoms with van der Waals surface area (Å²) in [4.78, 5) is 4.48. The van der Waals surface area contributed by atoms with Gasteiger partial charge in [0.15, 0.2) is 0 Å². The smallest absolute Gasteiger partial charge is 0.331 e. The molecule has 1 aliphatic heterocycles. The molecule has 1 saturated heterocycles. The molecule has 1 aliphatic rings. The van der Waals surface area contributed by atoms with Crippen molar-refractivity contribution in [3.63, 3.8) is 0 Å². The molecule has 2 unspecified atom stereocenters. The molecule has 2 aromatic rings. The van der Waals surface area contributed by atoms with Gasteiger partial charge in [0.25, 0.3) is 0 Å². The Morgan fingerprint density at radius 3 is 2.76 bits per heavy atom. The summed E-state index contributed by atoms with van der Waals surface area (Å²) in [6.45, 7) is 3.04. The molecule has 0 bridgehead atoms. The fraction of sp³-hybridized carbons (Fsp3) is 0.533. The summed E-state index contributed by atoms with van der Waals surface area (Å²) in [5, 5.41) is 3.38. The zero-order valence-corrected chi connectivity index (χ0v) is 12.0. The topological polar surface area (TPSA) is 29.9 Å². The summed E-state index contributed by atoms with van der Waals surface area (Å²) in [6.07, 6.45) is -2.40. The Morgan fingerprint density at radius 1 is 1.33 bits per heavy atom. The lowest BCUT2D eigenvalue weighted by Crippen LogP contribution is -2.35. The van der Waals surface area contributed by atoms with E-state index in [4.69, 9.17) is 0 Å². The molecule has 1 aromatic heterocycles. The number of benzene rings is 1. The van der Waals surface area contributed by atoms with E-state index in [1.165, 1.54) is 6.07 Å². The van der Waals surface area contributed by atoms with Crippen molar-refractivity contribution in [2.24, 2.45) is 7.05 Å². The molecule has 2 atom stereocenters. The van der Waals surface area contributed by atoms with E-state index in [1.54, 1.807) is 0 Å². The second-order valence-corrected chi connectivity index (χ2v) is 5.81. The molecular weight excluding hydrogens is 279 g/mol. The summed E-state index contributed by atoms with van der Waals surface area (Å²) in [7, 11) is 1.88. The molecular formula is C15H18F3N3. The summed E-state index contributed by atoms with van der Waals surface area (Å²) in [5.41, 5.74) is 0.538. The fourth-order valence-electron chi connectivity index (χ4n) is 3.13. The monoisotopic (exact) mass is 297 g/mol. The highest BCUT2D eigenvalue weighted by Crippen LogP contribution is 2.33. The molecule has 6 heteroatoms.